The molecule has 5 heteroatoms. The quantitative estimate of drug-likeness (QED) is 0.581. The fourth-order valence-electron chi connectivity index (χ4n) is 1.44. The number of esters is 1. The first-order chi connectivity index (χ1) is 8.25. The number of unbranched alkanes of at least 4 members (excludes halogenated alkanes) is 4. The highest BCUT2D eigenvalue weighted by Gasteiger charge is 2.12. The zero-order chi connectivity index (χ0) is 12.5. The van der Waals surface area contributed by atoms with Gasteiger partial charge in [-0.15, -0.1) is 0 Å². The number of nitrogens with two attached hydrogens (primary N) is 1. The van der Waals surface area contributed by atoms with Crippen LogP contribution in [0.3, 0.4) is 0 Å². The maximum Gasteiger partial charge on any atom is 0.360 e. The summed E-state index contributed by atoms with van der Waals surface area (Å²) in [4.78, 5) is 19.2. The van der Waals surface area contributed by atoms with Crippen molar-refractivity contribution in [2.45, 2.75) is 39.0 Å². The monoisotopic (exact) mass is 237 g/mol. The summed E-state index contributed by atoms with van der Waals surface area (Å²) in [5.74, 6) is -0.380. The molecule has 0 aliphatic heterocycles. The molecular weight excluding hydrogens is 218 g/mol. The second-order valence-electron chi connectivity index (χ2n) is 3.84. The molecule has 0 aromatic carbocycles. The van der Waals surface area contributed by atoms with Crippen LogP contribution in [-0.4, -0.2) is 22.5 Å². The fraction of sp³-hybridized carbons (Fsp3) is 0.583. The smallest absolute Gasteiger partial charge is 0.360 e. The van der Waals surface area contributed by atoms with Gasteiger partial charge in [0.1, 0.15) is 0 Å². The molecule has 0 bridgehead atoms. The van der Waals surface area contributed by atoms with Gasteiger partial charge in [-0.05, 0) is 6.42 Å². The van der Waals surface area contributed by atoms with Crippen molar-refractivity contribution < 1.29 is 9.53 Å². The molecule has 2 N–H and O–H groups in total. The molecule has 0 aliphatic rings. The number of hydrogen-bond acceptors (Lipinski definition) is 5. The zero-order valence-electron chi connectivity index (χ0n) is 10.2. The molecule has 1 heterocycles. The molecule has 1 aromatic heterocycles. The minimum Gasteiger partial charge on any atom is -0.461 e. The third-order valence-electron chi connectivity index (χ3n) is 2.40. The maximum absolute atomic E-state index is 11.5. The largest absolute Gasteiger partial charge is 0.461 e. The van der Waals surface area contributed by atoms with Crippen molar-refractivity contribution in [3.05, 3.63) is 18.1 Å². The Hall–Kier alpha value is -1.65. The molecule has 0 aliphatic carbocycles. The summed E-state index contributed by atoms with van der Waals surface area (Å²) in [5.41, 5.74) is 5.62. The lowest BCUT2D eigenvalue weighted by Crippen LogP contribution is -2.12. The number of carbonyl (C=O) groups excluding carboxylic acids is 1. The number of rotatable bonds is 7. The van der Waals surface area contributed by atoms with E-state index in [-0.39, 0.29) is 11.5 Å². The molecule has 0 saturated heterocycles. The number of aromatic nitrogens is 2. The van der Waals surface area contributed by atoms with Gasteiger partial charge < -0.3 is 10.5 Å². The first kappa shape index (κ1) is 13.4. The Morgan fingerprint density at radius 3 is 2.65 bits per heavy atom. The molecule has 94 valence electrons. The topological polar surface area (TPSA) is 78.1 Å². The Morgan fingerprint density at radius 1 is 1.24 bits per heavy atom. The number of carbonyl (C=O) groups is 1. The van der Waals surface area contributed by atoms with Gasteiger partial charge in [0.15, 0.2) is 11.5 Å². The van der Waals surface area contributed by atoms with Crippen LogP contribution in [0.5, 0.6) is 0 Å². The van der Waals surface area contributed by atoms with Crippen molar-refractivity contribution in [1.82, 2.24) is 9.97 Å². The molecule has 0 fully saturated rings. The molecule has 0 saturated carbocycles. The van der Waals surface area contributed by atoms with Gasteiger partial charge in [-0.3, -0.25) is 0 Å². The second kappa shape index (κ2) is 7.60. The van der Waals surface area contributed by atoms with Gasteiger partial charge in [0.25, 0.3) is 0 Å². The van der Waals surface area contributed by atoms with Gasteiger partial charge in [-0.25, -0.2) is 14.8 Å². The van der Waals surface area contributed by atoms with E-state index < -0.39 is 5.97 Å². The lowest BCUT2D eigenvalue weighted by atomic mass is 10.2. The zero-order valence-corrected chi connectivity index (χ0v) is 10.2. The van der Waals surface area contributed by atoms with E-state index in [1.807, 2.05) is 0 Å². The van der Waals surface area contributed by atoms with E-state index in [0.29, 0.717) is 6.61 Å². The fourth-order valence-corrected chi connectivity index (χ4v) is 1.44. The lowest BCUT2D eigenvalue weighted by molar-refractivity contribution is 0.0491. The number of anilines is 1. The standard InChI is InChI=1S/C12H19N3O2/c1-2-3-4-5-6-9-17-12(16)10-11(13)15-8-7-14-10/h7-8H,2-6,9H2,1H3,(H2,13,15). The van der Waals surface area contributed by atoms with Gasteiger partial charge >= 0.3 is 5.97 Å². The molecular formula is C12H19N3O2. The first-order valence-corrected chi connectivity index (χ1v) is 5.99. The predicted molar refractivity (Wildman–Crippen MR) is 65.5 cm³/mol. The van der Waals surface area contributed by atoms with Crippen molar-refractivity contribution in [3.8, 4) is 0 Å². The van der Waals surface area contributed by atoms with Crippen molar-refractivity contribution in [1.29, 1.82) is 0 Å². The van der Waals surface area contributed by atoms with Gasteiger partial charge in [-0.1, -0.05) is 32.6 Å². The summed E-state index contributed by atoms with van der Waals surface area (Å²) in [6.07, 6.45) is 8.44. The number of hydrogen-bond donors (Lipinski definition) is 1. The molecule has 1 aromatic rings. The maximum atomic E-state index is 11.5. The first-order valence-electron chi connectivity index (χ1n) is 5.99. The Morgan fingerprint density at radius 2 is 1.94 bits per heavy atom. The SMILES string of the molecule is CCCCCCCOC(=O)c1nccnc1N. The predicted octanol–water partition coefficient (Wildman–Crippen LogP) is 2.19. The van der Waals surface area contributed by atoms with Crippen LogP contribution in [0, 0.1) is 0 Å². The van der Waals surface area contributed by atoms with Gasteiger partial charge in [0, 0.05) is 12.4 Å². The number of nitrogens with zero attached hydrogens (tertiary/aromatic N) is 2. The number of nitrogen functional groups attached to an aromatic ring is 1. The molecule has 0 radical (unpaired) electrons. The van der Waals surface area contributed by atoms with Crippen LogP contribution < -0.4 is 5.73 Å². The van der Waals surface area contributed by atoms with Crippen molar-refractivity contribution >= 4 is 11.8 Å². The highest BCUT2D eigenvalue weighted by atomic mass is 16.5. The van der Waals surface area contributed by atoms with E-state index in [4.69, 9.17) is 10.5 Å². The average Bonchev–Trinajstić information content (AvgIpc) is 2.34. The van der Waals surface area contributed by atoms with Crippen molar-refractivity contribution in [2.24, 2.45) is 0 Å². The van der Waals surface area contributed by atoms with Crippen LogP contribution in [-0.2, 0) is 4.74 Å². The van der Waals surface area contributed by atoms with Crippen molar-refractivity contribution in [3.63, 3.8) is 0 Å². The van der Waals surface area contributed by atoms with Crippen LogP contribution in [0.4, 0.5) is 5.82 Å². The lowest BCUT2D eigenvalue weighted by Gasteiger charge is -2.05. The van der Waals surface area contributed by atoms with E-state index >= 15 is 0 Å². The van der Waals surface area contributed by atoms with Crippen LogP contribution in [0.2, 0.25) is 0 Å². The Balaban J connectivity index is 2.24. The highest BCUT2D eigenvalue weighted by molar-refractivity contribution is 5.91. The van der Waals surface area contributed by atoms with Gasteiger partial charge in [-0.2, -0.15) is 0 Å². The number of ether oxygens (including phenoxy) is 1. The molecule has 0 spiro atoms. The second-order valence-corrected chi connectivity index (χ2v) is 3.84. The Kier molecular flexibility index (Phi) is 5.99. The Labute approximate surface area is 101 Å². The van der Waals surface area contributed by atoms with Crippen LogP contribution in [0.25, 0.3) is 0 Å². The minimum atomic E-state index is -0.494. The summed E-state index contributed by atoms with van der Waals surface area (Å²) < 4.78 is 5.07. The van der Waals surface area contributed by atoms with E-state index in [2.05, 4.69) is 16.9 Å². The third kappa shape index (κ3) is 4.80. The van der Waals surface area contributed by atoms with Gasteiger partial charge in [0.05, 0.1) is 6.61 Å². The van der Waals surface area contributed by atoms with Crippen LogP contribution in [0.1, 0.15) is 49.5 Å². The van der Waals surface area contributed by atoms with Crippen LogP contribution >= 0.6 is 0 Å². The average molecular weight is 237 g/mol. The Bertz CT molecular complexity index is 355. The molecule has 5 nitrogen and oxygen atoms in total. The summed E-state index contributed by atoms with van der Waals surface area (Å²) >= 11 is 0. The van der Waals surface area contributed by atoms with E-state index in [9.17, 15) is 4.79 Å². The molecule has 0 atom stereocenters. The third-order valence-corrected chi connectivity index (χ3v) is 2.40. The highest BCUT2D eigenvalue weighted by Crippen LogP contribution is 2.07. The van der Waals surface area contributed by atoms with Gasteiger partial charge in [0.2, 0.25) is 0 Å². The molecule has 17 heavy (non-hydrogen) atoms. The molecule has 0 unspecified atom stereocenters. The molecule has 1 rings (SSSR count). The van der Waals surface area contributed by atoms with Crippen LogP contribution in [0.15, 0.2) is 12.4 Å². The summed E-state index contributed by atoms with van der Waals surface area (Å²) in [7, 11) is 0. The molecule has 0 amide bonds. The van der Waals surface area contributed by atoms with E-state index in [1.165, 1.54) is 31.7 Å². The van der Waals surface area contributed by atoms with E-state index in [0.717, 1.165) is 12.8 Å². The summed E-state index contributed by atoms with van der Waals surface area (Å²) in [6.45, 7) is 2.58. The summed E-state index contributed by atoms with van der Waals surface area (Å²) in [6, 6.07) is 0. The van der Waals surface area contributed by atoms with E-state index in [1.54, 1.807) is 0 Å². The van der Waals surface area contributed by atoms with Crippen molar-refractivity contribution in [2.75, 3.05) is 12.3 Å². The normalized spacial score (nSPS) is 10.2. The summed E-state index contributed by atoms with van der Waals surface area (Å²) in [5, 5.41) is 0. The minimum absolute atomic E-state index is 0.0982.